The second-order valence-electron chi connectivity index (χ2n) is 6.16. The summed E-state index contributed by atoms with van der Waals surface area (Å²) in [5.41, 5.74) is 1.61. The maximum Gasteiger partial charge on any atom is 0.253 e. The van der Waals surface area contributed by atoms with Gasteiger partial charge >= 0.3 is 0 Å². The van der Waals surface area contributed by atoms with Crippen molar-refractivity contribution < 1.29 is 4.79 Å². The van der Waals surface area contributed by atoms with E-state index in [1.165, 1.54) is 6.42 Å². The zero-order valence-corrected chi connectivity index (χ0v) is 14.1. The van der Waals surface area contributed by atoms with Crippen LogP contribution in [-0.4, -0.2) is 53.9 Å². The molecule has 0 radical (unpaired) electrons. The van der Waals surface area contributed by atoms with Gasteiger partial charge in [-0.05, 0) is 51.9 Å². The van der Waals surface area contributed by atoms with Gasteiger partial charge in [-0.15, -0.1) is 0 Å². The summed E-state index contributed by atoms with van der Waals surface area (Å²) >= 11 is 6.01. The maximum absolute atomic E-state index is 12.6. The minimum absolute atomic E-state index is 0.0159. The number of hydrogen-bond acceptors (Lipinski definition) is 3. The lowest BCUT2D eigenvalue weighted by Gasteiger charge is -2.49. The van der Waals surface area contributed by atoms with Gasteiger partial charge in [0.05, 0.1) is 0 Å². The fourth-order valence-electron chi connectivity index (χ4n) is 2.92. The number of halogens is 1. The lowest BCUT2D eigenvalue weighted by molar-refractivity contribution is 0.0252. The van der Waals surface area contributed by atoms with Crippen molar-refractivity contribution in [1.82, 2.24) is 14.8 Å². The van der Waals surface area contributed by atoms with E-state index in [0.717, 1.165) is 31.5 Å². The average molecular weight is 310 g/mol. The number of pyridine rings is 1. The molecule has 0 atom stereocenters. The van der Waals surface area contributed by atoms with Crippen molar-refractivity contribution in [1.29, 1.82) is 0 Å². The van der Waals surface area contributed by atoms with Crippen LogP contribution in [0.3, 0.4) is 0 Å². The summed E-state index contributed by atoms with van der Waals surface area (Å²) in [6, 6.07) is 3.50. The predicted molar refractivity (Wildman–Crippen MR) is 85.9 cm³/mol. The molecule has 1 aromatic heterocycles. The fraction of sp³-hybridized carbons (Fsp3) is 0.625. The number of rotatable bonds is 5. The van der Waals surface area contributed by atoms with Gasteiger partial charge in [0.1, 0.15) is 5.15 Å². The highest BCUT2D eigenvalue weighted by atomic mass is 35.5. The van der Waals surface area contributed by atoms with Crippen LogP contribution in [-0.2, 0) is 6.42 Å². The number of hydrogen-bond donors (Lipinski definition) is 0. The highest BCUT2D eigenvalue weighted by molar-refractivity contribution is 6.29. The van der Waals surface area contributed by atoms with Gasteiger partial charge in [0.2, 0.25) is 0 Å². The monoisotopic (exact) mass is 309 g/mol. The summed E-state index contributed by atoms with van der Waals surface area (Å²) in [7, 11) is 6.05. The second-order valence-corrected chi connectivity index (χ2v) is 6.54. The number of carbonyl (C=O) groups is 1. The SMILES string of the molecule is CCc1cc(C(=O)N(C)CC2(N(C)C)CCC2)cc(Cl)n1. The van der Waals surface area contributed by atoms with Crippen molar-refractivity contribution in [3.63, 3.8) is 0 Å². The first kappa shape index (κ1) is 16.2. The molecule has 0 unspecified atom stereocenters. The Labute approximate surface area is 132 Å². The molecule has 4 nitrogen and oxygen atoms in total. The largest absolute Gasteiger partial charge is 0.340 e. The lowest BCUT2D eigenvalue weighted by atomic mass is 9.75. The third-order valence-electron chi connectivity index (χ3n) is 4.57. The Morgan fingerprint density at radius 1 is 1.33 bits per heavy atom. The first-order valence-corrected chi connectivity index (χ1v) is 7.85. The summed E-state index contributed by atoms with van der Waals surface area (Å²) in [4.78, 5) is 20.9. The average Bonchev–Trinajstić information content (AvgIpc) is 2.40. The van der Waals surface area contributed by atoms with Crippen molar-refractivity contribution in [2.75, 3.05) is 27.7 Å². The van der Waals surface area contributed by atoms with Crippen molar-refractivity contribution in [2.45, 2.75) is 38.1 Å². The van der Waals surface area contributed by atoms with Crippen LogP contribution in [0.1, 0.15) is 42.2 Å². The van der Waals surface area contributed by atoms with Crippen LogP contribution in [0, 0.1) is 0 Å². The van der Waals surface area contributed by atoms with Gasteiger partial charge in [0.25, 0.3) is 5.91 Å². The van der Waals surface area contributed by atoms with Crippen molar-refractivity contribution in [3.8, 4) is 0 Å². The van der Waals surface area contributed by atoms with Crippen molar-refractivity contribution in [2.24, 2.45) is 0 Å². The van der Waals surface area contributed by atoms with E-state index in [2.05, 4.69) is 24.0 Å². The van der Waals surface area contributed by atoms with Crippen LogP contribution < -0.4 is 0 Å². The van der Waals surface area contributed by atoms with E-state index in [9.17, 15) is 4.79 Å². The van der Waals surface area contributed by atoms with Crippen LogP contribution in [0.2, 0.25) is 5.15 Å². The summed E-state index contributed by atoms with van der Waals surface area (Å²) in [5, 5.41) is 0.386. The van der Waals surface area contributed by atoms with Crippen molar-refractivity contribution in [3.05, 3.63) is 28.5 Å². The molecule has 0 N–H and O–H groups in total. The zero-order valence-electron chi connectivity index (χ0n) is 13.3. The molecule has 1 fully saturated rings. The molecule has 1 aliphatic carbocycles. The molecule has 0 aromatic carbocycles. The minimum atomic E-state index is 0.0159. The molecule has 2 rings (SSSR count). The molecule has 0 bridgehead atoms. The minimum Gasteiger partial charge on any atom is -0.340 e. The summed E-state index contributed by atoms with van der Waals surface area (Å²) in [6.07, 6.45) is 4.30. The number of amides is 1. The van der Waals surface area contributed by atoms with Gasteiger partial charge in [-0.3, -0.25) is 4.79 Å². The quantitative estimate of drug-likeness (QED) is 0.785. The Kier molecular flexibility index (Phi) is 4.89. The van der Waals surface area contributed by atoms with Gasteiger partial charge in [-0.25, -0.2) is 4.98 Å². The molecular weight excluding hydrogens is 286 g/mol. The Morgan fingerprint density at radius 3 is 2.48 bits per heavy atom. The molecule has 1 heterocycles. The van der Waals surface area contributed by atoms with E-state index in [0.29, 0.717) is 10.7 Å². The summed E-state index contributed by atoms with van der Waals surface area (Å²) < 4.78 is 0. The Bertz CT molecular complexity index is 526. The number of aryl methyl sites for hydroxylation is 1. The smallest absolute Gasteiger partial charge is 0.253 e. The lowest BCUT2D eigenvalue weighted by Crippen LogP contribution is -2.57. The van der Waals surface area contributed by atoms with Gasteiger partial charge in [0, 0.05) is 30.4 Å². The van der Waals surface area contributed by atoms with E-state index in [1.54, 1.807) is 6.07 Å². The second kappa shape index (κ2) is 6.32. The highest BCUT2D eigenvalue weighted by Gasteiger charge is 2.40. The third kappa shape index (κ3) is 3.38. The van der Waals surface area contributed by atoms with Gasteiger partial charge in [-0.2, -0.15) is 0 Å². The predicted octanol–water partition coefficient (Wildman–Crippen LogP) is 2.85. The Morgan fingerprint density at radius 2 is 2.00 bits per heavy atom. The first-order valence-electron chi connectivity index (χ1n) is 7.47. The Hall–Kier alpha value is -1.13. The summed E-state index contributed by atoms with van der Waals surface area (Å²) in [5.74, 6) is 0.0159. The van der Waals surface area contributed by atoms with Crippen LogP contribution in [0.25, 0.3) is 0 Å². The number of likely N-dealkylation sites (N-methyl/N-ethyl adjacent to an activating group) is 2. The molecule has 1 amide bonds. The molecule has 1 aromatic rings. The zero-order chi connectivity index (χ0) is 15.6. The van der Waals surface area contributed by atoms with Gasteiger partial charge in [0.15, 0.2) is 0 Å². The molecule has 0 saturated heterocycles. The van der Waals surface area contributed by atoms with Gasteiger partial charge < -0.3 is 9.80 Å². The third-order valence-corrected chi connectivity index (χ3v) is 4.76. The Balaban J connectivity index is 2.14. The number of nitrogens with zero attached hydrogens (tertiary/aromatic N) is 3. The van der Waals surface area contributed by atoms with Gasteiger partial charge in [-0.1, -0.05) is 18.5 Å². The molecule has 5 heteroatoms. The molecule has 1 saturated carbocycles. The van der Waals surface area contributed by atoms with E-state index in [1.807, 2.05) is 24.9 Å². The van der Waals surface area contributed by atoms with Crippen LogP contribution in [0.15, 0.2) is 12.1 Å². The number of carbonyl (C=O) groups excluding carboxylic acids is 1. The van der Waals surface area contributed by atoms with Crippen LogP contribution >= 0.6 is 11.6 Å². The molecule has 1 aliphatic rings. The molecule has 0 aliphatic heterocycles. The molecular formula is C16H24ClN3O. The van der Waals surface area contributed by atoms with Crippen LogP contribution in [0.5, 0.6) is 0 Å². The number of aromatic nitrogens is 1. The van der Waals surface area contributed by atoms with E-state index in [4.69, 9.17) is 11.6 Å². The maximum atomic E-state index is 12.6. The van der Waals surface area contributed by atoms with E-state index in [-0.39, 0.29) is 11.4 Å². The molecule has 116 valence electrons. The highest BCUT2D eigenvalue weighted by Crippen LogP contribution is 2.36. The molecule has 21 heavy (non-hydrogen) atoms. The topological polar surface area (TPSA) is 36.4 Å². The van der Waals surface area contributed by atoms with Crippen molar-refractivity contribution >= 4 is 17.5 Å². The fourth-order valence-corrected chi connectivity index (χ4v) is 3.15. The van der Waals surface area contributed by atoms with E-state index >= 15 is 0 Å². The normalized spacial score (nSPS) is 16.7. The standard InChI is InChI=1S/C16H24ClN3O/c1-5-13-9-12(10-14(17)18-13)15(21)20(4)11-16(19(2)3)7-6-8-16/h9-10H,5-8,11H2,1-4H3. The molecule has 0 spiro atoms. The first-order chi connectivity index (χ1) is 9.88. The van der Waals surface area contributed by atoms with Crippen LogP contribution in [0.4, 0.5) is 0 Å². The summed E-state index contributed by atoms with van der Waals surface area (Å²) in [6.45, 7) is 2.76. The van der Waals surface area contributed by atoms with E-state index < -0.39 is 0 Å².